The summed E-state index contributed by atoms with van der Waals surface area (Å²) in [5.74, 6) is 0.0306. The summed E-state index contributed by atoms with van der Waals surface area (Å²) in [5, 5.41) is 10.3. The minimum Gasteiger partial charge on any atom is -0.472 e. The maximum Gasteiger partial charge on any atom is 0.225 e. The van der Waals surface area contributed by atoms with Crippen LogP contribution in [0.1, 0.15) is 44.6 Å². The Morgan fingerprint density at radius 1 is 1.50 bits per heavy atom. The number of hydrogen-bond donors (Lipinski definition) is 1. The van der Waals surface area contributed by atoms with E-state index in [-0.39, 0.29) is 12.3 Å². The van der Waals surface area contributed by atoms with Crippen molar-refractivity contribution in [1.29, 1.82) is 0 Å². The lowest BCUT2D eigenvalue weighted by molar-refractivity contribution is -0.136. The molecule has 0 aliphatic heterocycles. The summed E-state index contributed by atoms with van der Waals surface area (Å²) in [7, 11) is 0. The minimum absolute atomic E-state index is 0.0306. The number of hydrogen-bond acceptors (Lipinski definition) is 3. The fourth-order valence-electron chi connectivity index (χ4n) is 2.58. The summed E-state index contributed by atoms with van der Waals surface area (Å²) in [5.41, 5.74) is 0.226. The number of carbonyl (C=O) groups is 1. The zero-order chi connectivity index (χ0) is 13.0. The molecule has 2 rings (SSSR count). The van der Waals surface area contributed by atoms with Crippen LogP contribution >= 0.6 is 0 Å². The molecule has 0 saturated heterocycles. The average molecular weight is 251 g/mol. The number of rotatable bonds is 5. The number of furan rings is 1. The van der Waals surface area contributed by atoms with Gasteiger partial charge in [0.25, 0.3) is 0 Å². The molecule has 1 aliphatic rings. The number of nitrogens with zero attached hydrogens (tertiary/aromatic N) is 1. The van der Waals surface area contributed by atoms with Crippen molar-refractivity contribution in [3.8, 4) is 0 Å². The molecule has 0 spiro atoms. The van der Waals surface area contributed by atoms with E-state index < -0.39 is 5.60 Å². The monoisotopic (exact) mass is 251 g/mol. The van der Waals surface area contributed by atoms with Crippen molar-refractivity contribution in [3.05, 3.63) is 24.2 Å². The molecule has 1 aromatic rings. The van der Waals surface area contributed by atoms with Gasteiger partial charge in [-0.1, -0.05) is 12.8 Å². The first-order valence-electron chi connectivity index (χ1n) is 6.64. The Morgan fingerprint density at radius 3 is 2.78 bits per heavy atom. The first-order valence-corrected chi connectivity index (χ1v) is 6.64. The van der Waals surface area contributed by atoms with E-state index in [0.29, 0.717) is 13.1 Å². The van der Waals surface area contributed by atoms with Gasteiger partial charge in [-0.3, -0.25) is 4.79 Å². The van der Waals surface area contributed by atoms with Gasteiger partial charge in [0.1, 0.15) is 0 Å². The van der Waals surface area contributed by atoms with E-state index in [1.807, 2.05) is 13.0 Å². The molecule has 1 fully saturated rings. The molecule has 1 aliphatic carbocycles. The molecule has 0 bridgehead atoms. The Balaban J connectivity index is 1.93. The van der Waals surface area contributed by atoms with Crippen LogP contribution in [0.15, 0.2) is 23.0 Å². The highest BCUT2D eigenvalue weighted by Crippen LogP contribution is 2.32. The maximum absolute atomic E-state index is 12.2. The van der Waals surface area contributed by atoms with E-state index in [9.17, 15) is 9.90 Å². The Labute approximate surface area is 108 Å². The molecular weight excluding hydrogens is 230 g/mol. The van der Waals surface area contributed by atoms with Crippen molar-refractivity contribution >= 4 is 5.91 Å². The van der Waals surface area contributed by atoms with E-state index in [4.69, 9.17) is 4.42 Å². The molecule has 1 N–H and O–H groups in total. The van der Waals surface area contributed by atoms with Crippen LogP contribution in [0.2, 0.25) is 0 Å². The predicted octanol–water partition coefficient (Wildman–Crippen LogP) is 2.32. The minimum atomic E-state index is -0.763. The van der Waals surface area contributed by atoms with Crippen molar-refractivity contribution in [1.82, 2.24) is 4.90 Å². The third-order valence-corrected chi connectivity index (χ3v) is 3.70. The standard InChI is InChI=1S/C14H21NO3/c1-2-15(10-12-5-8-18-11-12)13(16)9-14(17)6-3-4-7-14/h5,8,11,17H,2-4,6-7,9-10H2,1H3. The molecule has 0 aromatic carbocycles. The lowest BCUT2D eigenvalue weighted by Gasteiger charge is -2.26. The topological polar surface area (TPSA) is 53.7 Å². The summed E-state index contributed by atoms with van der Waals surface area (Å²) in [6, 6.07) is 1.86. The van der Waals surface area contributed by atoms with Crippen molar-refractivity contribution in [2.24, 2.45) is 0 Å². The van der Waals surface area contributed by atoms with Crippen molar-refractivity contribution in [2.75, 3.05) is 6.54 Å². The highest BCUT2D eigenvalue weighted by molar-refractivity contribution is 5.77. The Bertz CT molecular complexity index is 380. The SMILES string of the molecule is CCN(Cc1ccoc1)C(=O)CC1(O)CCCC1. The van der Waals surface area contributed by atoms with E-state index in [0.717, 1.165) is 31.2 Å². The van der Waals surface area contributed by atoms with Gasteiger partial charge in [-0.25, -0.2) is 0 Å². The van der Waals surface area contributed by atoms with Gasteiger partial charge in [-0.15, -0.1) is 0 Å². The van der Waals surface area contributed by atoms with Crippen LogP contribution in [0, 0.1) is 0 Å². The fraction of sp³-hybridized carbons (Fsp3) is 0.643. The van der Waals surface area contributed by atoms with Crippen LogP contribution in [0.5, 0.6) is 0 Å². The van der Waals surface area contributed by atoms with Gasteiger partial charge >= 0.3 is 0 Å². The van der Waals surface area contributed by atoms with Gasteiger partial charge in [-0.2, -0.15) is 0 Å². The first-order chi connectivity index (χ1) is 8.63. The lowest BCUT2D eigenvalue weighted by atomic mass is 9.97. The molecular formula is C14H21NO3. The van der Waals surface area contributed by atoms with Gasteiger partial charge in [0.15, 0.2) is 0 Å². The number of amides is 1. The summed E-state index contributed by atoms with van der Waals surface area (Å²) in [6.07, 6.45) is 7.07. The zero-order valence-electron chi connectivity index (χ0n) is 10.9. The van der Waals surface area contributed by atoms with Gasteiger partial charge in [0.2, 0.25) is 5.91 Å². The molecule has 0 atom stereocenters. The highest BCUT2D eigenvalue weighted by atomic mass is 16.3. The van der Waals surface area contributed by atoms with Crippen LogP contribution in [-0.4, -0.2) is 28.1 Å². The predicted molar refractivity (Wildman–Crippen MR) is 67.8 cm³/mol. The lowest BCUT2D eigenvalue weighted by Crippen LogP contribution is -2.37. The quantitative estimate of drug-likeness (QED) is 0.873. The fourth-order valence-corrected chi connectivity index (χ4v) is 2.58. The van der Waals surface area contributed by atoms with Gasteiger partial charge in [0, 0.05) is 18.7 Å². The zero-order valence-corrected chi connectivity index (χ0v) is 10.9. The summed E-state index contributed by atoms with van der Waals surface area (Å²) in [4.78, 5) is 14.0. The Morgan fingerprint density at radius 2 is 2.22 bits per heavy atom. The van der Waals surface area contributed by atoms with E-state index >= 15 is 0 Å². The molecule has 1 heterocycles. The normalized spacial score (nSPS) is 17.9. The smallest absolute Gasteiger partial charge is 0.225 e. The van der Waals surface area contributed by atoms with Gasteiger partial charge < -0.3 is 14.4 Å². The molecule has 4 nitrogen and oxygen atoms in total. The van der Waals surface area contributed by atoms with Crippen LogP contribution in [0.3, 0.4) is 0 Å². The second-order valence-electron chi connectivity index (χ2n) is 5.15. The number of aliphatic hydroxyl groups is 1. The summed E-state index contributed by atoms with van der Waals surface area (Å²) in [6.45, 7) is 3.17. The third kappa shape index (κ3) is 3.13. The number of carbonyl (C=O) groups excluding carboxylic acids is 1. The van der Waals surface area contributed by atoms with Gasteiger partial charge in [0.05, 0.1) is 24.5 Å². The van der Waals surface area contributed by atoms with Crippen LogP contribution in [0.25, 0.3) is 0 Å². The van der Waals surface area contributed by atoms with Crippen LogP contribution in [0.4, 0.5) is 0 Å². The molecule has 100 valence electrons. The van der Waals surface area contributed by atoms with E-state index in [2.05, 4.69) is 0 Å². The van der Waals surface area contributed by atoms with E-state index in [1.165, 1.54) is 0 Å². The maximum atomic E-state index is 12.2. The van der Waals surface area contributed by atoms with E-state index in [1.54, 1.807) is 17.4 Å². The summed E-state index contributed by atoms with van der Waals surface area (Å²) < 4.78 is 5.01. The molecule has 1 aromatic heterocycles. The van der Waals surface area contributed by atoms with Crippen LogP contribution < -0.4 is 0 Å². The molecule has 0 unspecified atom stereocenters. The molecule has 18 heavy (non-hydrogen) atoms. The largest absolute Gasteiger partial charge is 0.472 e. The third-order valence-electron chi connectivity index (χ3n) is 3.70. The first kappa shape index (κ1) is 13.1. The highest BCUT2D eigenvalue weighted by Gasteiger charge is 2.34. The second-order valence-corrected chi connectivity index (χ2v) is 5.15. The Kier molecular flexibility index (Phi) is 4.07. The van der Waals surface area contributed by atoms with Crippen molar-refractivity contribution in [3.63, 3.8) is 0 Å². The molecule has 0 radical (unpaired) electrons. The van der Waals surface area contributed by atoms with Gasteiger partial charge in [-0.05, 0) is 25.8 Å². The second kappa shape index (κ2) is 5.57. The Hall–Kier alpha value is -1.29. The molecule has 1 saturated carbocycles. The van der Waals surface area contributed by atoms with Crippen molar-refractivity contribution < 1.29 is 14.3 Å². The average Bonchev–Trinajstić information content (AvgIpc) is 2.97. The molecule has 4 heteroatoms. The summed E-state index contributed by atoms with van der Waals surface area (Å²) >= 11 is 0. The van der Waals surface area contributed by atoms with Crippen LogP contribution in [-0.2, 0) is 11.3 Å². The molecule has 1 amide bonds. The van der Waals surface area contributed by atoms with Crippen molar-refractivity contribution in [2.45, 2.75) is 51.2 Å².